The predicted molar refractivity (Wildman–Crippen MR) is 152 cm³/mol. The van der Waals surface area contributed by atoms with Crippen LogP contribution < -0.4 is 0 Å². The van der Waals surface area contributed by atoms with Gasteiger partial charge in [-0.3, -0.25) is 4.79 Å². The van der Waals surface area contributed by atoms with E-state index in [2.05, 4.69) is 24.7 Å². The molecule has 0 bridgehead atoms. The average molecular weight is 569 g/mol. The Morgan fingerprint density at radius 2 is 1.80 bits per heavy atom. The van der Waals surface area contributed by atoms with E-state index in [0.717, 1.165) is 57.8 Å². The first-order valence-electron chi connectivity index (χ1n) is 15.7. The summed E-state index contributed by atoms with van der Waals surface area (Å²) < 4.78 is 44.9. The highest BCUT2D eigenvalue weighted by molar-refractivity contribution is 5.69. The Kier molecular flexibility index (Phi) is 15.2. The highest BCUT2D eigenvalue weighted by atomic mass is 19.1. The summed E-state index contributed by atoms with van der Waals surface area (Å²) >= 11 is 0. The third-order valence-corrected chi connectivity index (χ3v) is 8.47. The number of alkyl halides is 1. The molecule has 0 aromatic carbocycles. The van der Waals surface area contributed by atoms with Gasteiger partial charge in [0, 0.05) is 37.9 Å². The second-order valence-electron chi connectivity index (χ2n) is 11.7. The topological polar surface area (TPSA) is 83.5 Å². The molecule has 7 nitrogen and oxygen atoms in total. The zero-order valence-corrected chi connectivity index (χ0v) is 24.9. The first-order valence-corrected chi connectivity index (χ1v) is 15.7. The third kappa shape index (κ3) is 10.8. The molecule has 2 saturated heterocycles. The van der Waals surface area contributed by atoms with Gasteiger partial charge in [0.05, 0.1) is 25.4 Å². The molecule has 0 amide bonds. The summed E-state index contributed by atoms with van der Waals surface area (Å²) in [5.41, 5.74) is 0. The van der Waals surface area contributed by atoms with Gasteiger partial charge in [0.1, 0.15) is 6.17 Å². The maximum Gasteiger partial charge on any atom is 0.305 e. The first kappa shape index (κ1) is 33.2. The van der Waals surface area contributed by atoms with Crippen LogP contribution in [-0.4, -0.2) is 68.5 Å². The molecular weight excluding hydrogens is 515 g/mol. The van der Waals surface area contributed by atoms with Gasteiger partial charge in [-0.15, -0.1) is 0 Å². The largest absolute Gasteiger partial charge is 0.469 e. The minimum Gasteiger partial charge on any atom is -0.469 e. The summed E-state index contributed by atoms with van der Waals surface area (Å²) in [6, 6.07) is 0. The van der Waals surface area contributed by atoms with E-state index < -0.39 is 18.2 Å². The molecule has 2 aliphatic heterocycles. The van der Waals surface area contributed by atoms with Crippen LogP contribution in [0.15, 0.2) is 24.3 Å². The van der Waals surface area contributed by atoms with E-state index in [1.54, 1.807) is 6.08 Å². The first-order chi connectivity index (χ1) is 19.4. The lowest BCUT2D eigenvalue weighted by Gasteiger charge is -2.31. The predicted octanol–water partition coefficient (Wildman–Crippen LogP) is 6.43. The van der Waals surface area contributed by atoms with Gasteiger partial charge < -0.3 is 28.8 Å². The van der Waals surface area contributed by atoms with Crippen LogP contribution in [0.3, 0.4) is 0 Å². The molecule has 1 saturated carbocycles. The molecule has 1 N–H and O–H groups in total. The molecule has 230 valence electrons. The van der Waals surface area contributed by atoms with Crippen LogP contribution in [0.4, 0.5) is 4.39 Å². The number of carbonyl (C=O) groups is 1. The standard InChI is InChI=1S/C32H53FO7/c1-4-5-13-23(2)27(39-30-16-9-11-20-37-30)19-18-24-28(40-31-17-10-12-21-38-31)22-26(34)32(24)25(33)14-7-6-8-15-29(35)36-3/h7,14,18-19,23-28,30-32,34H,4-6,8-13,15-17,20-22H2,1-3H3/t23?,24-,25?,26-,27-,28+,30?,31?,32-/m0/s1. The SMILES string of the molecule is CCCCC(C)[C@H](C=C[C@@H]1[C@@H](C(F)C=CCCCC(=O)OC)[C@@H](O)C[C@H]1OC1CCCCO1)OC1CCCCO1. The second-order valence-corrected chi connectivity index (χ2v) is 11.7. The van der Waals surface area contributed by atoms with Crippen LogP contribution in [0.2, 0.25) is 0 Å². The Hall–Kier alpha value is -1.32. The number of halogens is 1. The molecule has 9 atom stereocenters. The van der Waals surface area contributed by atoms with E-state index in [1.165, 1.54) is 13.2 Å². The van der Waals surface area contributed by atoms with E-state index in [-0.39, 0.29) is 42.6 Å². The Morgan fingerprint density at radius 3 is 2.45 bits per heavy atom. The molecule has 0 aromatic heterocycles. The number of esters is 1. The highest BCUT2D eigenvalue weighted by Gasteiger charge is 2.46. The second kappa shape index (κ2) is 18.3. The third-order valence-electron chi connectivity index (χ3n) is 8.47. The average Bonchev–Trinajstić information content (AvgIpc) is 3.28. The molecule has 4 unspecified atom stereocenters. The van der Waals surface area contributed by atoms with Gasteiger partial charge in [-0.25, -0.2) is 4.39 Å². The van der Waals surface area contributed by atoms with Crippen molar-refractivity contribution in [3.8, 4) is 0 Å². The molecule has 40 heavy (non-hydrogen) atoms. The Balaban J connectivity index is 1.75. The number of carbonyl (C=O) groups excluding carboxylic acids is 1. The highest BCUT2D eigenvalue weighted by Crippen LogP contribution is 2.41. The van der Waals surface area contributed by atoms with Crippen molar-refractivity contribution in [1.29, 1.82) is 0 Å². The fourth-order valence-corrected chi connectivity index (χ4v) is 6.01. The van der Waals surface area contributed by atoms with E-state index in [0.29, 0.717) is 38.9 Å². The van der Waals surface area contributed by atoms with E-state index in [4.69, 9.17) is 18.9 Å². The number of aliphatic hydroxyl groups excluding tert-OH is 1. The summed E-state index contributed by atoms with van der Waals surface area (Å²) in [5, 5.41) is 11.0. The smallest absolute Gasteiger partial charge is 0.305 e. The molecule has 1 aliphatic carbocycles. The Morgan fingerprint density at radius 1 is 1.07 bits per heavy atom. The normalized spacial score (nSPS) is 31.9. The van der Waals surface area contributed by atoms with Crippen molar-refractivity contribution in [2.75, 3.05) is 20.3 Å². The molecule has 2 heterocycles. The van der Waals surface area contributed by atoms with Gasteiger partial charge in [0.25, 0.3) is 0 Å². The van der Waals surface area contributed by atoms with Crippen molar-refractivity contribution >= 4 is 5.97 Å². The van der Waals surface area contributed by atoms with Crippen LogP contribution >= 0.6 is 0 Å². The summed E-state index contributed by atoms with van der Waals surface area (Å²) in [6.07, 6.45) is 15.1. The van der Waals surface area contributed by atoms with Gasteiger partial charge in [0.15, 0.2) is 12.6 Å². The molecule has 3 aliphatic rings. The summed E-state index contributed by atoms with van der Waals surface area (Å²) in [7, 11) is 1.37. The van der Waals surface area contributed by atoms with Crippen molar-refractivity contribution in [2.45, 2.75) is 134 Å². The lowest BCUT2D eigenvalue weighted by Crippen LogP contribution is -2.34. The number of rotatable bonds is 16. The molecule has 3 fully saturated rings. The van der Waals surface area contributed by atoms with Crippen molar-refractivity contribution < 1.29 is 38.0 Å². The van der Waals surface area contributed by atoms with E-state index in [9.17, 15) is 9.90 Å². The number of hydrogen-bond donors (Lipinski definition) is 1. The van der Waals surface area contributed by atoms with Crippen LogP contribution in [0, 0.1) is 17.8 Å². The molecule has 8 heteroatoms. The zero-order chi connectivity index (χ0) is 28.7. The minimum absolute atomic E-state index is 0.161. The lowest BCUT2D eigenvalue weighted by molar-refractivity contribution is -0.193. The maximum absolute atomic E-state index is 15.7. The Labute approximate surface area is 240 Å². The van der Waals surface area contributed by atoms with Crippen LogP contribution in [0.5, 0.6) is 0 Å². The number of unbranched alkanes of at least 4 members (excludes halogenated alkanes) is 2. The van der Waals surface area contributed by atoms with Crippen LogP contribution in [0.1, 0.15) is 97.3 Å². The number of allylic oxidation sites excluding steroid dienone is 2. The van der Waals surface area contributed by atoms with Crippen molar-refractivity contribution in [3.05, 3.63) is 24.3 Å². The molecular formula is C32H53FO7. The maximum atomic E-state index is 15.7. The Bertz CT molecular complexity index is 762. The number of ether oxygens (including phenoxy) is 5. The molecule has 0 radical (unpaired) electrons. The number of hydrogen-bond acceptors (Lipinski definition) is 7. The van der Waals surface area contributed by atoms with E-state index in [1.807, 2.05) is 6.08 Å². The monoisotopic (exact) mass is 568 g/mol. The summed E-state index contributed by atoms with van der Waals surface area (Å²) in [5.74, 6) is -0.954. The molecule has 3 rings (SSSR count). The quantitative estimate of drug-likeness (QED) is 0.131. The minimum atomic E-state index is -1.35. The van der Waals surface area contributed by atoms with Gasteiger partial charge in [-0.05, 0) is 63.7 Å². The van der Waals surface area contributed by atoms with Crippen molar-refractivity contribution in [2.24, 2.45) is 17.8 Å². The molecule has 0 spiro atoms. The summed E-state index contributed by atoms with van der Waals surface area (Å²) in [6.45, 7) is 5.77. The number of aliphatic hydroxyl groups is 1. The van der Waals surface area contributed by atoms with Crippen LogP contribution in [0.25, 0.3) is 0 Å². The lowest BCUT2D eigenvalue weighted by atomic mass is 9.87. The summed E-state index contributed by atoms with van der Waals surface area (Å²) in [4.78, 5) is 11.4. The van der Waals surface area contributed by atoms with Gasteiger partial charge in [-0.2, -0.15) is 0 Å². The zero-order valence-electron chi connectivity index (χ0n) is 24.9. The molecule has 0 aromatic rings. The number of methoxy groups -OCH3 is 1. The van der Waals surface area contributed by atoms with Crippen molar-refractivity contribution in [3.63, 3.8) is 0 Å². The van der Waals surface area contributed by atoms with Gasteiger partial charge in [0.2, 0.25) is 0 Å². The fraction of sp³-hybridized carbons (Fsp3) is 0.844. The van der Waals surface area contributed by atoms with Gasteiger partial charge in [-0.1, -0.05) is 51.0 Å². The fourth-order valence-electron chi connectivity index (χ4n) is 6.01. The van der Waals surface area contributed by atoms with E-state index >= 15 is 4.39 Å². The van der Waals surface area contributed by atoms with Gasteiger partial charge >= 0.3 is 5.97 Å². The van der Waals surface area contributed by atoms with Crippen molar-refractivity contribution in [1.82, 2.24) is 0 Å². The van der Waals surface area contributed by atoms with Crippen LogP contribution in [-0.2, 0) is 28.5 Å².